The highest BCUT2D eigenvalue weighted by molar-refractivity contribution is 5.63. The third-order valence-corrected chi connectivity index (χ3v) is 5.85. The van der Waals surface area contributed by atoms with E-state index in [1.807, 2.05) is 0 Å². The summed E-state index contributed by atoms with van der Waals surface area (Å²) in [6, 6.07) is 13.3. The Morgan fingerprint density at radius 1 is 0.633 bits per heavy atom. The minimum atomic E-state index is 0.442. The van der Waals surface area contributed by atoms with Crippen LogP contribution in [0.4, 0.5) is 11.4 Å². The Kier molecular flexibility index (Phi) is 8.18. The van der Waals surface area contributed by atoms with Crippen LogP contribution < -0.4 is 10.6 Å². The van der Waals surface area contributed by atoms with Crippen LogP contribution in [0.3, 0.4) is 0 Å². The number of rotatable bonds is 8. The van der Waals surface area contributed by atoms with Crippen LogP contribution in [0.25, 0.3) is 0 Å². The van der Waals surface area contributed by atoms with Crippen molar-refractivity contribution in [3.05, 3.63) is 70.0 Å². The highest BCUT2D eigenvalue weighted by Gasteiger charge is 2.17. The summed E-state index contributed by atoms with van der Waals surface area (Å²) in [5.41, 5.74) is 9.89. The summed E-state index contributed by atoms with van der Waals surface area (Å²) >= 11 is 0. The summed E-state index contributed by atoms with van der Waals surface area (Å²) in [5.74, 6) is 1.81. The zero-order chi connectivity index (χ0) is 22.6. The number of allylic oxidation sites excluding steroid dienone is 2. The van der Waals surface area contributed by atoms with E-state index in [0.29, 0.717) is 23.7 Å². The molecule has 0 unspecified atom stereocenters. The van der Waals surface area contributed by atoms with E-state index in [9.17, 15) is 0 Å². The van der Waals surface area contributed by atoms with Crippen molar-refractivity contribution < 1.29 is 0 Å². The maximum atomic E-state index is 5.16. The highest BCUT2D eigenvalue weighted by Crippen LogP contribution is 2.36. The number of nitrogens with zero attached hydrogens (tertiary/aromatic N) is 1. The van der Waals surface area contributed by atoms with Crippen molar-refractivity contribution in [1.29, 1.82) is 0 Å². The average Bonchev–Trinajstić information content (AvgIpc) is 2.67. The monoisotopic (exact) mass is 405 g/mol. The number of nitrogens with one attached hydrogen (secondary N) is 1. The van der Waals surface area contributed by atoms with Crippen molar-refractivity contribution in [2.45, 2.75) is 92.9 Å². The first-order valence-electron chi connectivity index (χ1n) is 11.5. The van der Waals surface area contributed by atoms with Gasteiger partial charge in [0.15, 0.2) is 0 Å². The van der Waals surface area contributed by atoms with Crippen LogP contribution in [0.1, 0.15) is 115 Å². The number of benzene rings is 2. The molecule has 0 aliphatic rings. The second-order valence-electron chi connectivity index (χ2n) is 9.66. The van der Waals surface area contributed by atoms with Crippen LogP contribution in [-0.4, -0.2) is 0 Å². The first kappa shape index (κ1) is 24.1. The van der Waals surface area contributed by atoms with Crippen molar-refractivity contribution in [3.63, 3.8) is 0 Å². The van der Waals surface area contributed by atoms with Crippen molar-refractivity contribution in [2.75, 3.05) is 5.32 Å². The molecule has 0 heterocycles. The van der Waals surface area contributed by atoms with Gasteiger partial charge in [-0.3, -0.25) is 5.32 Å². The van der Waals surface area contributed by atoms with Crippen molar-refractivity contribution in [1.82, 2.24) is 5.32 Å². The summed E-state index contributed by atoms with van der Waals surface area (Å²) in [5, 5.41) is 8.91. The van der Waals surface area contributed by atoms with Gasteiger partial charge in [-0.2, -0.15) is 0 Å². The molecule has 0 spiro atoms. The third kappa shape index (κ3) is 5.47. The molecule has 2 aromatic rings. The van der Waals surface area contributed by atoms with E-state index in [0.717, 1.165) is 17.1 Å². The summed E-state index contributed by atoms with van der Waals surface area (Å²) < 4.78 is 0. The highest BCUT2D eigenvalue weighted by atomic mass is 15.0. The molecule has 163 valence electrons. The lowest BCUT2D eigenvalue weighted by molar-refractivity contribution is 0.809. The topological polar surface area (TPSA) is 26.1 Å². The third-order valence-electron chi connectivity index (χ3n) is 5.85. The standard InChI is InChI=1S/C28H41N2/c1-17(2)23-13-11-14-24(18(3)4)27(23)29-21(9)22(10)30-28-25(19(5)6)15-12-16-26(28)20(7)8/h11-20,29H,1-10H3. The molecule has 2 nitrogen and oxygen atoms in total. The molecule has 0 fully saturated rings. The first-order valence-corrected chi connectivity index (χ1v) is 11.5. The fourth-order valence-electron chi connectivity index (χ4n) is 3.87. The molecule has 0 aliphatic carbocycles. The molecule has 1 radical (unpaired) electrons. The Morgan fingerprint density at radius 2 is 1.00 bits per heavy atom. The largest absolute Gasteiger partial charge is 0.357 e. The Morgan fingerprint density at radius 3 is 1.37 bits per heavy atom. The second-order valence-corrected chi connectivity index (χ2v) is 9.66. The smallest absolute Gasteiger partial charge is 0.0702 e. The van der Waals surface area contributed by atoms with Gasteiger partial charge in [0.05, 0.1) is 11.4 Å². The van der Waals surface area contributed by atoms with Gasteiger partial charge in [-0.05, 0) is 59.8 Å². The summed E-state index contributed by atoms with van der Waals surface area (Å²) in [4.78, 5) is 0. The van der Waals surface area contributed by atoms with Gasteiger partial charge in [0.25, 0.3) is 0 Å². The summed E-state index contributed by atoms with van der Waals surface area (Å²) in [7, 11) is 0. The second kappa shape index (κ2) is 10.2. The Labute approximate surface area is 185 Å². The van der Waals surface area contributed by atoms with Crippen LogP contribution in [0.5, 0.6) is 0 Å². The number of anilines is 1. The first-order chi connectivity index (χ1) is 14.0. The minimum Gasteiger partial charge on any atom is -0.357 e. The normalized spacial score (nSPS) is 12.7. The van der Waals surface area contributed by atoms with Gasteiger partial charge in [-0.25, -0.2) is 0 Å². The lowest BCUT2D eigenvalue weighted by Gasteiger charge is -2.23. The molecule has 0 saturated heterocycles. The van der Waals surface area contributed by atoms with Gasteiger partial charge in [0.2, 0.25) is 0 Å². The molecule has 0 saturated carbocycles. The van der Waals surface area contributed by atoms with E-state index < -0.39 is 0 Å². The van der Waals surface area contributed by atoms with Crippen LogP contribution in [0, 0.1) is 0 Å². The average molecular weight is 406 g/mol. The predicted octanol–water partition coefficient (Wildman–Crippen LogP) is 8.78. The van der Waals surface area contributed by atoms with Gasteiger partial charge >= 0.3 is 0 Å². The maximum absolute atomic E-state index is 5.16. The maximum Gasteiger partial charge on any atom is 0.0702 e. The lowest BCUT2D eigenvalue weighted by atomic mass is 9.92. The van der Waals surface area contributed by atoms with E-state index in [-0.39, 0.29) is 0 Å². The zero-order valence-corrected chi connectivity index (χ0v) is 20.7. The Hall–Kier alpha value is -2.22. The van der Waals surface area contributed by atoms with Gasteiger partial charge < -0.3 is 5.32 Å². The SMILES string of the molecule is CC([N]c1c(C(C)C)cccc1C(C)C)=C(C)Nc1c(C(C)C)cccc1C(C)C. The van der Waals surface area contributed by atoms with Gasteiger partial charge in [-0.1, -0.05) is 91.8 Å². The molecular weight excluding hydrogens is 364 g/mol. The van der Waals surface area contributed by atoms with E-state index in [4.69, 9.17) is 5.32 Å². The number of hydrogen-bond donors (Lipinski definition) is 1. The van der Waals surface area contributed by atoms with Crippen molar-refractivity contribution >= 4 is 11.4 Å². The molecule has 2 aromatic carbocycles. The molecule has 0 aromatic heterocycles. The summed E-state index contributed by atoms with van der Waals surface area (Å²) in [6.45, 7) is 22.3. The predicted molar refractivity (Wildman–Crippen MR) is 133 cm³/mol. The number of hydrogen-bond acceptors (Lipinski definition) is 1. The zero-order valence-electron chi connectivity index (χ0n) is 20.7. The lowest BCUT2D eigenvalue weighted by Crippen LogP contribution is -2.11. The fourth-order valence-corrected chi connectivity index (χ4v) is 3.87. The van der Waals surface area contributed by atoms with Crippen LogP contribution >= 0.6 is 0 Å². The Balaban J connectivity index is 2.48. The number of para-hydroxylation sites is 2. The molecule has 1 N–H and O–H groups in total. The Bertz CT molecular complexity index is 760. The van der Waals surface area contributed by atoms with Gasteiger partial charge in [0.1, 0.15) is 0 Å². The van der Waals surface area contributed by atoms with E-state index >= 15 is 0 Å². The van der Waals surface area contributed by atoms with Crippen molar-refractivity contribution in [3.8, 4) is 0 Å². The van der Waals surface area contributed by atoms with E-state index in [1.54, 1.807) is 0 Å². The molecule has 0 aliphatic heterocycles. The van der Waals surface area contributed by atoms with Crippen molar-refractivity contribution in [2.24, 2.45) is 0 Å². The fraction of sp³-hybridized carbons (Fsp3) is 0.500. The summed E-state index contributed by atoms with van der Waals surface area (Å²) in [6.07, 6.45) is 0. The van der Waals surface area contributed by atoms with Crippen LogP contribution in [0.2, 0.25) is 0 Å². The molecule has 0 bridgehead atoms. The molecule has 0 amide bonds. The van der Waals surface area contributed by atoms with Crippen LogP contribution in [0.15, 0.2) is 47.8 Å². The molecule has 0 atom stereocenters. The van der Waals surface area contributed by atoms with E-state index in [2.05, 4.69) is 111 Å². The minimum absolute atomic E-state index is 0.442. The van der Waals surface area contributed by atoms with E-state index in [1.165, 1.54) is 27.9 Å². The van der Waals surface area contributed by atoms with Crippen LogP contribution in [-0.2, 0) is 0 Å². The molecule has 2 rings (SSSR count). The van der Waals surface area contributed by atoms with Gasteiger partial charge in [0, 0.05) is 11.4 Å². The van der Waals surface area contributed by atoms with Gasteiger partial charge in [-0.15, -0.1) is 0 Å². The molecule has 2 heteroatoms. The molecule has 30 heavy (non-hydrogen) atoms. The molecular formula is C28H41N2. The quantitative estimate of drug-likeness (QED) is 0.466.